The van der Waals surface area contributed by atoms with Gasteiger partial charge in [-0.25, -0.2) is 9.78 Å². The number of imidazole rings is 1. The van der Waals surface area contributed by atoms with Crippen LogP contribution in [0.15, 0.2) is 27.8 Å². The van der Waals surface area contributed by atoms with Crippen molar-refractivity contribution in [3.05, 3.63) is 56.0 Å². The number of hydrogen-bond donors (Lipinski definition) is 1. The second kappa shape index (κ2) is 10.6. The Kier molecular flexibility index (Phi) is 7.90. The van der Waals surface area contributed by atoms with Gasteiger partial charge in [0.25, 0.3) is 5.56 Å². The minimum Gasteiger partial charge on any atom is -0.494 e. The van der Waals surface area contributed by atoms with Crippen molar-refractivity contribution < 1.29 is 9.84 Å². The van der Waals surface area contributed by atoms with E-state index in [4.69, 9.17) is 4.74 Å². The van der Waals surface area contributed by atoms with Gasteiger partial charge in [0.05, 0.1) is 6.61 Å². The molecule has 0 aliphatic carbocycles. The van der Waals surface area contributed by atoms with Crippen molar-refractivity contribution in [2.45, 2.75) is 79.6 Å². The topological polar surface area (TPSA) is 91.3 Å². The van der Waals surface area contributed by atoms with Crippen LogP contribution in [0.3, 0.4) is 0 Å². The highest BCUT2D eigenvalue weighted by Gasteiger charge is 2.20. The minimum absolute atomic E-state index is 0.260. The third-order valence-corrected chi connectivity index (χ3v) is 5.79. The molecule has 0 bridgehead atoms. The first-order chi connectivity index (χ1) is 15.4. The zero-order valence-corrected chi connectivity index (χ0v) is 19.6. The van der Waals surface area contributed by atoms with Crippen molar-refractivity contribution in [1.82, 2.24) is 18.7 Å². The van der Waals surface area contributed by atoms with Gasteiger partial charge in [0.2, 0.25) is 0 Å². The second-order valence-corrected chi connectivity index (χ2v) is 8.20. The fourth-order valence-electron chi connectivity index (χ4n) is 3.85. The van der Waals surface area contributed by atoms with Crippen LogP contribution < -0.4 is 16.0 Å². The Balaban J connectivity index is 1.92. The molecule has 2 heterocycles. The highest BCUT2D eigenvalue weighted by molar-refractivity contribution is 5.71. The second-order valence-electron chi connectivity index (χ2n) is 8.20. The molecule has 0 amide bonds. The molecular weight excluding hydrogens is 408 g/mol. The van der Waals surface area contributed by atoms with Gasteiger partial charge >= 0.3 is 5.69 Å². The van der Waals surface area contributed by atoms with Crippen molar-refractivity contribution in [3.63, 3.8) is 0 Å². The maximum Gasteiger partial charge on any atom is 0.332 e. The number of benzene rings is 1. The average Bonchev–Trinajstić information content (AvgIpc) is 3.14. The molecule has 2 aromatic heterocycles. The monoisotopic (exact) mass is 442 g/mol. The van der Waals surface area contributed by atoms with Gasteiger partial charge in [-0.15, -0.1) is 0 Å². The van der Waals surface area contributed by atoms with Crippen LogP contribution >= 0.6 is 0 Å². The quantitative estimate of drug-likeness (QED) is 0.461. The van der Waals surface area contributed by atoms with Crippen molar-refractivity contribution in [2.24, 2.45) is 0 Å². The number of aliphatic hydroxyl groups excluding tert-OH is 1. The first-order valence-corrected chi connectivity index (χ1v) is 11.5. The molecule has 0 fully saturated rings. The molecule has 0 saturated heterocycles. The van der Waals surface area contributed by atoms with Gasteiger partial charge in [0.1, 0.15) is 18.2 Å². The summed E-state index contributed by atoms with van der Waals surface area (Å²) in [6.07, 6.45) is 3.03. The van der Waals surface area contributed by atoms with Crippen molar-refractivity contribution in [1.29, 1.82) is 0 Å². The van der Waals surface area contributed by atoms with Gasteiger partial charge in [0, 0.05) is 19.6 Å². The summed E-state index contributed by atoms with van der Waals surface area (Å²) in [6.45, 7) is 9.57. The van der Waals surface area contributed by atoms with E-state index >= 15 is 0 Å². The number of aliphatic hydroxyl groups is 1. The maximum atomic E-state index is 13.3. The Morgan fingerprint density at radius 3 is 2.34 bits per heavy atom. The van der Waals surface area contributed by atoms with Crippen LogP contribution in [0.5, 0.6) is 5.75 Å². The van der Waals surface area contributed by atoms with Gasteiger partial charge in [-0.3, -0.25) is 13.9 Å². The van der Waals surface area contributed by atoms with Crippen LogP contribution in [0.2, 0.25) is 0 Å². The van der Waals surface area contributed by atoms with Gasteiger partial charge in [0.15, 0.2) is 11.2 Å². The first-order valence-electron chi connectivity index (χ1n) is 11.5. The van der Waals surface area contributed by atoms with E-state index in [9.17, 15) is 14.7 Å². The number of aromatic nitrogens is 4. The van der Waals surface area contributed by atoms with E-state index in [2.05, 4.69) is 18.8 Å². The summed E-state index contributed by atoms with van der Waals surface area (Å²) in [6, 6.07) is 5.94. The summed E-state index contributed by atoms with van der Waals surface area (Å²) in [5.74, 6) is 1.20. The van der Waals surface area contributed by atoms with Crippen LogP contribution in [0.1, 0.15) is 56.5 Å². The lowest BCUT2D eigenvalue weighted by Crippen LogP contribution is -2.41. The standard InChI is InChI=1S/C24H34N4O4/c1-5-7-12-27-22-21(26(11-6-2)20(16-29)25-22)23(30)28(24(27)31)13-8-14-32-19-10-9-17(3)18(4)15-19/h9-10,15,29H,5-8,11-14,16H2,1-4H3. The molecule has 0 atom stereocenters. The lowest BCUT2D eigenvalue weighted by atomic mass is 10.1. The van der Waals surface area contributed by atoms with E-state index in [1.165, 1.54) is 10.1 Å². The summed E-state index contributed by atoms with van der Waals surface area (Å²) in [4.78, 5) is 31.0. The Bertz CT molecular complexity index is 1190. The molecule has 0 unspecified atom stereocenters. The first kappa shape index (κ1) is 23.8. The van der Waals surface area contributed by atoms with Crippen molar-refractivity contribution in [3.8, 4) is 5.75 Å². The van der Waals surface area contributed by atoms with Crippen LogP contribution in [0, 0.1) is 13.8 Å². The number of rotatable bonds is 11. The fraction of sp³-hybridized carbons (Fsp3) is 0.542. The zero-order chi connectivity index (χ0) is 23.3. The number of hydrogen-bond acceptors (Lipinski definition) is 5. The van der Waals surface area contributed by atoms with Crippen LogP contribution in [-0.4, -0.2) is 30.4 Å². The normalized spacial score (nSPS) is 11.4. The molecule has 3 rings (SSSR count). The molecule has 0 radical (unpaired) electrons. The van der Waals surface area contributed by atoms with Crippen LogP contribution in [-0.2, 0) is 26.2 Å². The number of ether oxygens (including phenoxy) is 1. The molecule has 1 aromatic carbocycles. The third-order valence-electron chi connectivity index (χ3n) is 5.79. The van der Waals surface area contributed by atoms with Crippen molar-refractivity contribution in [2.75, 3.05) is 6.61 Å². The highest BCUT2D eigenvalue weighted by atomic mass is 16.5. The molecule has 32 heavy (non-hydrogen) atoms. The molecule has 8 heteroatoms. The molecule has 0 aliphatic heterocycles. The van der Waals surface area contributed by atoms with Gasteiger partial charge in [-0.05, 0) is 56.4 Å². The minimum atomic E-state index is -0.357. The van der Waals surface area contributed by atoms with Gasteiger partial charge < -0.3 is 14.4 Å². The lowest BCUT2D eigenvalue weighted by Gasteiger charge is -2.13. The molecule has 1 N–H and O–H groups in total. The Morgan fingerprint density at radius 2 is 1.69 bits per heavy atom. The predicted molar refractivity (Wildman–Crippen MR) is 125 cm³/mol. The Labute approximate surface area is 188 Å². The van der Waals surface area contributed by atoms with Crippen LogP contribution in [0.25, 0.3) is 11.2 Å². The Hall–Kier alpha value is -2.87. The largest absolute Gasteiger partial charge is 0.494 e. The summed E-state index contributed by atoms with van der Waals surface area (Å²) in [5.41, 5.74) is 2.41. The maximum absolute atomic E-state index is 13.3. The molecular formula is C24H34N4O4. The smallest absolute Gasteiger partial charge is 0.332 e. The number of fused-ring (bicyclic) bond motifs is 1. The lowest BCUT2D eigenvalue weighted by molar-refractivity contribution is 0.265. The summed E-state index contributed by atoms with van der Waals surface area (Å²) in [5, 5.41) is 9.76. The van der Waals surface area contributed by atoms with Gasteiger partial charge in [-0.2, -0.15) is 0 Å². The Morgan fingerprint density at radius 1 is 0.938 bits per heavy atom. The predicted octanol–water partition coefficient (Wildman–Crippen LogP) is 3.15. The molecule has 0 spiro atoms. The molecule has 0 saturated carbocycles. The highest BCUT2D eigenvalue weighted by Crippen LogP contribution is 2.17. The van der Waals surface area contributed by atoms with E-state index in [0.717, 1.165) is 30.6 Å². The van der Waals surface area contributed by atoms with E-state index < -0.39 is 0 Å². The molecule has 8 nitrogen and oxygen atoms in total. The van der Waals surface area contributed by atoms with Crippen LogP contribution in [0.4, 0.5) is 0 Å². The van der Waals surface area contributed by atoms with E-state index in [0.29, 0.717) is 43.1 Å². The summed E-state index contributed by atoms with van der Waals surface area (Å²) >= 11 is 0. The van der Waals surface area contributed by atoms with E-state index in [1.54, 1.807) is 9.13 Å². The number of nitrogens with zero attached hydrogens (tertiary/aromatic N) is 4. The summed E-state index contributed by atoms with van der Waals surface area (Å²) < 4.78 is 10.5. The van der Waals surface area contributed by atoms with Crippen molar-refractivity contribution >= 4 is 11.2 Å². The van der Waals surface area contributed by atoms with E-state index in [-0.39, 0.29) is 24.4 Å². The summed E-state index contributed by atoms with van der Waals surface area (Å²) in [7, 11) is 0. The average molecular weight is 443 g/mol. The number of aryl methyl sites for hydroxylation is 4. The molecule has 0 aliphatic rings. The zero-order valence-electron chi connectivity index (χ0n) is 19.6. The third kappa shape index (κ3) is 4.80. The number of unbranched alkanes of at least 4 members (excludes halogenated alkanes) is 1. The van der Waals surface area contributed by atoms with E-state index in [1.807, 2.05) is 32.0 Å². The molecule has 3 aromatic rings. The fourth-order valence-corrected chi connectivity index (χ4v) is 3.85. The molecule has 174 valence electrons. The SMILES string of the molecule is CCCCn1c(=O)n(CCCOc2ccc(C)c(C)c2)c(=O)c2c1nc(CO)n2CCC. The van der Waals surface area contributed by atoms with Gasteiger partial charge in [-0.1, -0.05) is 26.3 Å².